The van der Waals surface area contributed by atoms with Crippen molar-refractivity contribution in [3.8, 4) is 5.75 Å². The lowest BCUT2D eigenvalue weighted by atomic mass is 10.0. The highest BCUT2D eigenvalue weighted by molar-refractivity contribution is 5.82. The number of carbonyl (C=O) groups is 1. The van der Waals surface area contributed by atoms with Crippen LogP contribution in [0, 0.1) is 5.92 Å². The van der Waals surface area contributed by atoms with Gasteiger partial charge in [-0.05, 0) is 56.1 Å². The maximum Gasteiger partial charge on any atom is 0.223 e. The molecule has 0 unspecified atom stereocenters. The van der Waals surface area contributed by atoms with Gasteiger partial charge in [0.1, 0.15) is 5.75 Å². The Bertz CT molecular complexity index is 698. The number of rotatable bonds is 7. The average molecular weight is 338 g/mol. The number of aromatic hydroxyl groups is 1. The predicted octanol–water partition coefficient (Wildman–Crippen LogP) is 2.78. The average Bonchev–Trinajstić information content (AvgIpc) is 3.41. The Morgan fingerprint density at radius 2 is 1.84 bits per heavy atom. The van der Waals surface area contributed by atoms with Crippen molar-refractivity contribution in [3.63, 3.8) is 0 Å². The maximum absolute atomic E-state index is 12.5. The maximum atomic E-state index is 12.5. The molecule has 0 aliphatic heterocycles. The van der Waals surface area contributed by atoms with Gasteiger partial charge in [0.15, 0.2) is 0 Å². The molecule has 3 atom stereocenters. The molecule has 2 aromatic carbocycles. The van der Waals surface area contributed by atoms with Gasteiger partial charge < -0.3 is 15.3 Å². The SMILES string of the molecule is CN(C)[C@H](CNC(=O)[C@H]1C[C@@H]1c1ccccc1)Cc1ccc(O)cc1. The first-order valence-electron chi connectivity index (χ1n) is 8.81. The van der Waals surface area contributed by atoms with E-state index in [1.807, 2.05) is 44.4 Å². The first-order valence-corrected chi connectivity index (χ1v) is 8.81. The Morgan fingerprint density at radius 1 is 1.16 bits per heavy atom. The minimum atomic E-state index is 0.110. The predicted molar refractivity (Wildman–Crippen MR) is 99.6 cm³/mol. The molecule has 4 heteroatoms. The van der Waals surface area contributed by atoms with Crippen LogP contribution in [0.15, 0.2) is 54.6 Å². The Balaban J connectivity index is 1.52. The van der Waals surface area contributed by atoms with E-state index in [1.165, 1.54) is 5.56 Å². The summed E-state index contributed by atoms with van der Waals surface area (Å²) in [6.07, 6.45) is 1.78. The van der Waals surface area contributed by atoms with Crippen molar-refractivity contribution >= 4 is 5.91 Å². The minimum Gasteiger partial charge on any atom is -0.508 e. The van der Waals surface area contributed by atoms with Crippen LogP contribution in [0.25, 0.3) is 0 Å². The number of carbonyl (C=O) groups excluding carboxylic acids is 1. The van der Waals surface area contributed by atoms with Gasteiger partial charge in [-0.25, -0.2) is 0 Å². The molecule has 0 spiro atoms. The minimum absolute atomic E-state index is 0.110. The number of phenolic OH excluding ortho intramolecular Hbond substituents is 1. The Morgan fingerprint density at radius 3 is 2.48 bits per heavy atom. The number of hydrogen-bond donors (Lipinski definition) is 2. The van der Waals surface area contributed by atoms with Crippen molar-refractivity contribution in [2.75, 3.05) is 20.6 Å². The van der Waals surface area contributed by atoms with Crippen LogP contribution in [0.5, 0.6) is 5.75 Å². The topological polar surface area (TPSA) is 52.6 Å². The van der Waals surface area contributed by atoms with Crippen LogP contribution in [0.1, 0.15) is 23.5 Å². The Labute approximate surface area is 149 Å². The van der Waals surface area contributed by atoms with Crippen LogP contribution in [0.2, 0.25) is 0 Å². The molecule has 1 amide bonds. The standard InChI is InChI=1S/C21H26N2O2/c1-23(2)17(12-15-8-10-18(24)11-9-15)14-22-21(25)20-13-19(20)16-6-4-3-5-7-16/h3-11,17,19-20,24H,12-14H2,1-2H3,(H,22,25)/t17-,19+,20-/m0/s1. The zero-order chi connectivity index (χ0) is 17.8. The molecule has 1 aliphatic rings. The van der Waals surface area contributed by atoms with Crippen molar-refractivity contribution in [2.24, 2.45) is 5.92 Å². The smallest absolute Gasteiger partial charge is 0.223 e. The summed E-state index contributed by atoms with van der Waals surface area (Å²) in [5, 5.41) is 12.5. The third kappa shape index (κ3) is 4.60. The second kappa shape index (κ2) is 7.70. The molecule has 0 radical (unpaired) electrons. The van der Waals surface area contributed by atoms with Crippen LogP contribution >= 0.6 is 0 Å². The van der Waals surface area contributed by atoms with E-state index in [-0.39, 0.29) is 23.6 Å². The highest BCUT2D eigenvalue weighted by Crippen LogP contribution is 2.47. The van der Waals surface area contributed by atoms with E-state index in [0.29, 0.717) is 12.5 Å². The molecule has 1 aliphatic carbocycles. The zero-order valence-corrected chi connectivity index (χ0v) is 14.9. The van der Waals surface area contributed by atoms with Crippen LogP contribution in [-0.2, 0) is 11.2 Å². The van der Waals surface area contributed by atoms with Gasteiger partial charge in [-0.1, -0.05) is 42.5 Å². The summed E-state index contributed by atoms with van der Waals surface area (Å²) in [5.74, 6) is 0.917. The van der Waals surface area contributed by atoms with Crippen molar-refractivity contribution in [1.82, 2.24) is 10.2 Å². The van der Waals surface area contributed by atoms with E-state index < -0.39 is 0 Å². The summed E-state index contributed by atoms with van der Waals surface area (Å²) in [5.41, 5.74) is 2.41. The van der Waals surface area contributed by atoms with Crippen LogP contribution in [0.4, 0.5) is 0 Å². The summed E-state index contributed by atoms with van der Waals surface area (Å²) in [6, 6.07) is 17.8. The normalized spacial score (nSPS) is 20.3. The molecular formula is C21H26N2O2. The number of likely N-dealkylation sites (N-methyl/N-ethyl adjacent to an activating group) is 1. The molecular weight excluding hydrogens is 312 g/mol. The van der Waals surface area contributed by atoms with Gasteiger partial charge in [-0.2, -0.15) is 0 Å². The van der Waals surface area contributed by atoms with Gasteiger partial charge >= 0.3 is 0 Å². The highest BCUT2D eigenvalue weighted by atomic mass is 16.3. The third-order valence-electron chi connectivity index (χ3n) is 5.00. The number of nitrogens with zero attached hydrogens (tertiary/aromatic N) is 1. The summed E-state index contributed by atoms with van der Waals surface area (Å²) < 4.78 is 0. The Kier molecular flexibility index (Phi) is 5.39. The van der Waals surface area contributed by atoms with Crippen molar-refractivity contribution in [1.29, 1.82) is 0 Å². The second-order valence-electron chi connectivity index (χ2n) is 7.09. The largest absolute Gasteiger partial charge is 0.508 e. The number of benzene rings is 2. The quantitative estimate of drug-likeness (QED) is 0.816. The lowest BCUT2D eigenvalue weighted by Gasteiger charge is -2.25. The van der Waals surface area contributed by atoms with Crippen molar-refractivity contribution in [3.05, 3.63) is 65.7 Å². The zero-order valence-electron chi connectivity index (χ0n) is 14.9. The van der Waals surface area contributed by atoms with E-state index in [9.17, 15) is 9.90 Å². The van der Waals surface area contributed by atoms with E-state index in [2.05, 4.69) is 22.3 Å². The van der Waals surface area contributed by atoms with Gasteiger partial charge in [0.05, 0.1) is 0 Å². The van der Waals surface area contributed by atoms with Crippen molar-refractivity contribution < 1.29 is 9.90 Å². The molecule has 1 fully saturated rings. The fourth-order valence-corrected chi connectivity index (χ4v) is 3.24. The fraction of sp³-hybridized carbons (Fsp3) is 0.381. The van der Waals surface area contributed by atoms with Crippen LogP contribution < -0.4 is 5.32 Å². The molecule has 0 bridgehead atoms. The van der Waals surface area contributed by atoms with E-state index in [1.54, 1.807) is 12.1 Å². The number of hydrogen-bond acceptors (Lipinski definition) is 3. The third-order valence-corrected chi connectivity index (χ3v) is 5.00. The number of phenols is 1. The first kappa shape index (κ1) is 17.5. The Hall–Kier alpha value is -2.33. The first-order chi connectivity index (χ1) is 12.0. The van der Waals surface area contributed by atoms with E-state index >= 15 is 0 Å². The molecule has 2 N–H and O–H groups in total. The molecule has 1 saturated carbocycles. The molecule has 4 nitrogen and oxygen atoms in total. The molecule has 0 heterocycles. The highest BCUT2D eigenvalue weighted by Gasteiger charge is 2.43. The fourth-order valence-electron chi connectivity index (χ4n) is 3.24. The summed E-state index contributed by atoms with van der Waals surface area (Å²) >= 11 is 0. The monoisotopic (exact) mass is 338 g/mol. The number of amides is 1. The lowest BCUT2D eigenvalue weighted by molar-refractivity contribution is -0.122. The van der Waals surface area contributed by atoms with Gasteiger partial charge in [0, 0.05) is 18.5 Å². The molecule has 132 valence electrons. The molecule has 3 rings (SSSR count). The van der Waals surface area contributed by atoms with Crippen molar-refractivity contribution in [2.45, 2.75) is 24.8 Å². The van der Waals surface area contributed by atoms with Crippen LogP contribution in [0.3, 0.4) is 0 Å². The summed E-state index contributed by atoms with van der Waals surface area (Å²) in [4.78, 5) is 14.6. The summed E-state index contributed by atoms with van der Waals surface area (Å²) in [6.45, 7) is 0.630. The summed E-state index contributed by atoms with van der Waals surface area (Å²) in [7, 11) is 4.06. The number of nitrogens with one attached hydrogen (secondary N) is 1. The van der Waals surface area contributed by atoms with E-state index in [4.69, 9.17) is 0 Å². The van der Waals surface area contributed by atoms with Gasteiger partial charge in [0.2, 0.25) is 5.91 Å². The second-order valence-corrected chi connectivity index (χ2v) is 7.09. The van der Waals surface area contributed by atoms with Gasteiger partial charge in [-0.15, -0.1) is 0 Å². The molecule has 25 heavy (non-hydrogen) atoms. The van der Waals surface area contributed by atoms with Gasteiger partial charge in [0.25, 0.3) is 0 Å². The molecule has 0 aromatic heterocycles. The molecule has 0 saturated heterocycles. The lowest BCUT2D eigenvalue weighted by Crippen LogP contribution is -2.42. The van der Waals surface area contributed by atoms with Gasteiger partial charge in [-0.3, -0.25) is 4.79 Å². The molecule has 2 aromatic rings. The van der Waals surface area contributed by atoms with Crippen LogP contribution in [-0.4, -0.2) is 42.6 Å². The van der Waals surface area contributed by atoms with E-state index in [0.717, 1.165) is 18.4 Å².